The lowest BCUT2D eigenvalue weighted by Gasteiger charge is -2.19. The van der Waals surface area contributed by atoms with Gasteiger partial charge >= 0.3 is 0 Å². The Bertz CT molecular complexity index is 762. The van der Waals surface area contributed by atoms with Crippen LogP contribution in [0.25, 0.3) is 0 Å². The zero-order valence-electron chi connectivity index (χ0n) is 14.0. The molecule has 2 aromatic carbocycles. The average molecular weight is 357 g/mol. The van der Waals surface area contributed by atoms with Gasteiger partial charge in [0.15, 0.2) is 0 Å². The first-order valence-corrected chi connectivity index (χ1v) is 8.95. The van der Waals surface area contributed by atoms with E-state index in [4.69, 9.17) is 11.6 Å². The monoisotopic (exact) mass is 356 g/mol. The van der Waals surface area contributed by atoms with Crippen molar-refractivity contribution >= 4 is 29.1 Å². The van der Waals surface area contributed by atoms with Gasteiger partial charge in [0, 0.05) is 24.5 Å². The normalized spacial score (nSPS) is 14.0. The number of rotatable bonds is 6. The minimum absolute atomic E-state index is 0.0420. The minimum Gasteiger partial charge on any atom is -0.352 e. The van der Waals surface area contributed by atoms with E-state index < -0.39 is 0 Å². The maximum absolute atomic E-state index is 12.6. The Kier molecular flexibility index (Phi) is 5.71. The molecule has 1 fully saturated rings. The molecule has 0 radical (unpaired) electrons. The molecule has 0 saturated carbocycles. The molecule has 1 aliphatic heterocycles. The quantitative estimate of drug-likeness (QED) is 0.800. The highest BCUT2D eigenvalue weighted by Gasteiger charge is 2.26. The third-order valence-corrected chi connectivity index (χ3v) is 4.57. The van der Waals surface area contributed by atoms with Crippen molar-refractivity contribution in [2.24, 2.45) is 0 Å². The molecule has 0 spiro atoms. The summed E-state index contributed by atoms with van der Waals surface area (Å²) in [7, 11) is 0. The van der Waals surface area contributed by atoms with Crippen molar-refractivity contribution in [1.29, 1.82) is 0 Å². The van der Waals surface area contributed by atoms with Crippen molar-refractivity contribution in [1.82, 2.24) is 5.32 Å². The van der Waals surface area contributed by atoms with Crippen LogP contribution in [-0.4, -0.2) is 24.9 Å². The summed E-state index contributed by atoms with van der Waals surface area (Å²) in [4.78, 5) is 26.2. The van der Waals surface area contributed by atoms with E-state index in [0.29, 0.717) is 35.8 Å². The molecule has 1 saturated heterocycles. The molecule has 5 heteroatoms. The molecule has 1 aliphatic rings. The van der Waals surface area contributed by atoms with Gasteiger partial charge in [0.05, 0.1) is 11.3 Å². The molecule has 25 heavy (non-hydrogen) atoms. The van der Waals surface area contributed by atoms with Crippen LogP contribution in [0.5, 0.6) is 0 Å². The van der Waals surface area contributed by atoms with Gasteiger partial charge in [0.25, 0.3) is 5.91 Å². The summed E-state index contributed by atoms with van der Waals surface area (Å²) in [5.41, 5.74) is 2.36. The molecule has 0 bridgehead atoms. The third-order valence-electron chi connectivity index (χ3n) is 4.34. The zero-order valence-corrected chi connectivity index (χ0v) is 14.8. The topological polar surface area (TPSA) is 49.4 Å². The number of halogens is 1. The largest absolute Gasteiger partial charge is 0.352 e. The first-order valence-electron chi connectivity index (χ1n) is 8.57. The van der Waals surface area contributed by atoms with E-state index in [-0.39, 0.29) is 11.8 Å². The lowest BCUT2D eigenvalue weighted by Crippen LogP contribution is -2.30. The van der Waals surface area contributed by atoms with Gasteiger partial charge in [-0.25, -0.2) is 0 Å². The molecule has 4 nitrogen and oxygen atoms in total. The van der Waals surface area contributed by atoms with Gasteiger partial charge in [-0.05, 0) is 43.0 Å². The van der Waals surface area contributed by atoms with Gasteiger partial charge in [-0.1, -0.05) is 41.9 Å². The van der Waals surface area contributed by atoms with E-state index in [1.54, 1.807) is 23.1 Å². The first-order chi connectivity index (χ1) is 12.1. The lowest BCUT2D eigenvalue weighted by molar-refractivity contribution is -0.117. The maximum atomic E-state index is 12.6. The van der Waals surface area contributed by atoms with Crippen LogP contribution in [0.4, 0.5) is 5.69 Å². The Hall–Kier alpha value is -2.33. The Morgan fingerprint density at radius 1 is 1.16 bits per heavy atom. The second-order valence-corrected chi connectivity index (χ2v) is 6.59. The molecular formula is C20H21ClN2O2. The third kappa shape index (κ3) is 4.40. The molecule has 3 rings (SSSR count). The fraction of sp³-hybridized carbons (Fsp3) is 0.300. The Labute approximate surface area is 152 Å². The molecular weight excluding hydrogens is 336 g/mol. The highest BCUT2D eigenvalue weighted by molar-refractivity contribution is 6.31. The second kappa shape index (κ2) is 8.17. The Morgan fingerprint density at radius 3 is 2.68 bits per heavy atom. The second-order valence-electron chi connectivity index (χ2n) is 6.16. The van der Waals surface area contributed by atoms with Crippen molar-refractivity contribution in [2.75, 3.05) is 18.0 Å². The maximum Gasteiger partial charge on any atom is 0.253 e. The van der Waals surface area contributed by atoms with Crippen LogP contribution in [0, 0.1) is 0 Å². The molecule has 0 atom stereocenters. The van der Waals surface area contributed by atoms with Gasteiger partial charge in [-0.3, -0.25) is 9.59 Å². The van der Waals surface area contributed by atoms with Crippen LogP contribution in [0.3, 0.4) is 0 Å². The lowest BCUT2D eigenvalue weighted by atomic mass is 10.1. The van der Waals surface area contributed by atoms with E-state index in [0.717, 1.165) is 19.3 Å². The first kappa shape index (κ1) is 17.5. The highest BCUT2D eigenvalue weighted by Crippen LogP contribution is 2.28. The standard InChI is InChI=1S/C20H21ClN2O2/c21-16-10-11-17(18(14-16)23-13-5-9-19(23)24)20(25)22-12-4-8-15-6-2-1-3-7-15/h1-3,6-7,10-11,14H,4-5,8-9,12-13H2,(H,22,25). The van der Waals surface area contributed by atoms with E-state index in [1.807, 2.05) is 18.2 Å². The van der Waals surface area contributed by atoms with E-state index in [2.05, 4.69) is 17.4 Å². The SMILES string of the molecule is O=C(NCCCc1ccccc1)c1ccc(Cl)cc1N1CCCC1=O. The predicted molar refractivity (Wildman–Crippen MR) is 100 cm³/mol. The van der Waals surface area contributed by atoms with Crippen molar-refractivity contribution in [3.05, 3.63) is 64.7 Å². The highest BCUT2D eigenvalue weighted by atomic mass is 35.5. The molecule has 0 aromatic heterocycles. The molecule has 1 N–H and O–H groups in total. The number of nitrogens with one attached hydrogen (secondary N) is 1. The number of hydrogen-bond acceptors (Lipinski definition) is 2. The number of hydrogen-bond donors (Lipinski definition) is 1. The summed E-state index contributed by atoms with van der Waals surface area (Å²) < 4.78 is 0. The predicted octanol–water partition coefficient (Wildman–Crippen LogP) is 3.83. The van der Waals surface area contributed by atoms with Gasteiger partial charge in [0.1, 0.15) is 0 Å². The van der Waals surface area contributed by atoms with Crippen molar-refractivity contribution in [3.8, 4) is 0 Å². The van der Waals surface area contributed by atoms with Crippen molar-refractivity contribution < 1.29 is 9.59 Å². The number of carbonyl (C=O) groups excluding carboxylic acids is 2. The molecule has 2 amide bonds. The van der Waals surface area contributed by atoms with Crippen LogP contribution in [-0.2, 0) is 11.2 Å². The molecule has 1 heterocycles. The van der Waals surface area contributed by atoms with Crippen LogP contribution in [0.2, 0.25) is 5.02 Å². The van der Waals surface area contributed by atoms with Gasteiger partial charge in [-0.15, -0.1) is 0 Å². The van der Waals surface area contributed by atoms with Gasteiger partial charge in [0.2, 0.25) is 5.91 Å². The smallest absolute Gasteiger partial charge is 0.253 e. The average Bonchev–Trinajstić information content (AvgIpc) is 3.05. The molecule has 2 aromatic rings. The number of carbonyl (C=O) groups is 2. The summed E-state index contributed by atoms with van der Waals surface area (Å²) in [6.07, 6.45) is 3.11. The summed E-state index contributed by atoms with van der Waals surface area (Å²) in [6.45, 7) is 1.22. The van der Waals surface area contributed by atoms with E-state index in [9.17, 15) is 9.59 Å². The van der Waals surface area contributed by atoms with Crippen LogP contribution < -0.4 is 10.2 Å². The summed E-state index contributed by atoms with van der Waals surface area (Å²) in [5.74, 6) is -0.125. The van der Waals surface area contributed by atoms with Crippen LogP contribution in [0.15, 0.2) is 48.5 Å². The van der Waals surface area contributed by atoms with E-state index >= 15 is 0 Å². The van der Waals surface area contributed by atoms with E-state index in [1.165, 1.54) is 5.56 Å². The fourth-order valence-electron chi connectivity index (χ4n) is 3.06. The van der Waals surface area contributed by atoms with Gasteiger partial charge < -0.3 is 10.2 Å². The van der Waals surface area contributed by atoms with Crippen LogP contribution in [0.1, 0.15) is 35.2 Å². The van der Waals surface area contributed by atoms with Crippen LogP contribution >= 0.6 is 11.6 Å². The number of nitrogens with zero attached hydrogens (tertiary/aromatic N) is 1. The fourth-order valence-corrected chi connectivity index (χ4v) is 3.22. The summed E-state index contributed by atoms with van der Waals surface area (Å²) >= 11 is 6.07. The zero-order chi connectivity index (χ0) is 17.6. The summed E-state index contributed by atoms with van der Waals surface area (Å²) in [5, 5.41) is 3.47. The van der Waals surface area contributed by atoms with Crippen molar-refractivity contribution in [2.45, 2.75) is 25.7 Å². The number of aryl methyl sites for hydroxylation is 1. The summed E-state index contributed by atoms with van der Waals surface area (Å²) in [6, 6.07) is 15.3. The number of benzene rings is 2. The van der Waals surface area contributed by atoms with Crippen molar-refractivity contribution in [3.63, 3.8) is 0 Å². The molecule has 0 unspecified atom stereocenters. The molecule has 130 valence electrons. The Balaban J connectivity index is 1.62. The number of amides is 2. The Morgan fingerprint density at radius 2 is 1.96 bits per heavy atom. The molecule has 0 aliphatic carbocycles. The minimum atomic E-state index is -0.167. The number of anilines is 1. The van der Waals surface area contributed by atoms with Gasteiger partial charge in [-0.2, -0.15) is 0 Å².